The fourth-order valence-electron chi connectivity index (χ4n) is 1.41. The number of aliphatic hydroxyl groups is 1. The Hall–Kier alpha value is -0.870. The van der Waals surface area contributed by atoms with Gasteiger partial charge in [0.15, 0.2) is 0 Å². The summed E-state index contributed by atoms with van der Waals surface area (Å²) in [5, 5.41) is 9.78. The van der Waals surface area contributed by atoms with Crippen molar-refractivity contribution in [2.75, 3.05) is 13.7 Å². The predicted molar refractivity (Wildman–Crippen MR) is 54.0 cm³/mol. The highest BCUT2D eigenvalue weighted by molar-refractivity contribution is 4.96. The van der Waals surface area contributed by atoms with Crippen LogP contribution < -0.4 is 0 Å². The lowest BCUT2D eigenvalue weighted by Gasteiger charge is -2.11. The van der Waals surface area contributed by atoms with E-state index in [2.05, 4.69) is 11.9 Å². The first kappa shape index (κ1) is 11.2. The molecule has 0 radical (unpaired) electrons. The average molecular weight is 198 g/mol. The third-order valence-electron chi connectivity index (χ3n) is 2.11. The Morgan fingerprint density at radius 2 is 2.43 bits per heavy atom. The van der Waals surface area contributed by atoms with Crippen molar-refractivity contribution in [3.05, 3.63) is 18.2 Å². The van der Waals surface area contributed by atoms with E-state index in [0.29, 0.717) is 13.0 Å². The summed E-state index contributed by atoms with van der Waals surface area (Å²) in [6.45, 7) is 3.56. The molecular formula is C10H18N2O2. The number of ether oxygens (including phenoxy) is 1. The van der Waals surface area contributed by atoms with Crippen LogP contribution in [-0.4, -0.2) is 28.4 Å². The minimum Gasteiger partial charge on any atom is -0.385 e. The predicted octanol–water partition coefficient (Wildman–Crippen LogP) is 1.36. The van der Waals surface area contributed by atoms with Crippen molar-refractivity contribution in [2.24, 2.45) is 0 Å². The Balaban J connectivity index is 2.58. The van der Waals surface area contributed by atoms with Gasteiger partial charge in [-0.15, -0.1) is 0 Å². The zero-order chi connectivity index (χ0) is 10.4. The maximum Gasteiger partial charge on any atom is 0.137 e. The van der Waals surface area contributed by atoms with Gasteiger partial charge in [-0.3, -0.25) is 0 Å². The molecule has 1 unspecified atom stereocenters. The molecule has 14 heavy (non-hydrogen) atoms. The number of hydrogen-bond acceptors (Lipinski definition) is 3. The number of aliphatic hydroxyl groups excluding tert-OH is 1. The van der Waals surface area contributed by atoms with Gasteiger partial charge >= 0.3 is 0 Å². The Morgan fingerprint density at radius 1 is 1.64 bits per heavy atom. The monoisotopic (exact) mass is 198 g/mol. The zero-order valence-corrected chi connectivity index (χ0v) is 8.81. The molecule has 0 amide bonds. The van der Waals surface area contributed by atoms with Crippen LogP contribution in [0.1, 0.15) is 31.7 Å². The van der Waals surface area contributed by atoms with Crippen molar-refractivity contribution in [3.8, 4) is 0 Å². The number of nitrogens with zero attached hydrogens (tertiary/aromatic N) is 2. The van der Waals surface area contributed by atoms with Gasteiger partial charge in [0, 0.05) is 39.1 Å². The van der Waals surface area contributed by atoms with E-state index in [-0.39, 0.29) is 0 Å². The number of rotatable bonds is 6. The minimum absolute atomic E-state index is 0.517. The molecule has 1 N–H and O–H groups in total. The molecule has 0 aliphatic carbocycles. The molecule has 1 rings (SSSR count). The van der Waals surface area contributed by atoms with Gasteiger partial charge in [0.05, 0.1) is 0 Å². The maximum atomic E-state index is 9.78. The van der Waals surface area contributed by atoms with E-state index in [4.69, 9.17) is 4.74 Å². The molecule has 0 fully saturated rings. The van der Waals surface area contributed by atoms with Crippen LogP contribution in [0, 0.1) is 0 Å². The second kappa shape index (κ2) is 5.78. The van der Waals surface area contributed by atoms with Crippen molar-refractivity contribution in [3.63, 3.8) is 0 Å². The summed E-state index contributed by atoms with van der Waals surface area (Å²) in [5.74, 6) is 0.740. The van der Waals surface area contributed by atoms with Gasteiger partial charge in [0.1, 0.15) is 11.9 Å². The van der Waals surface area contributed by atoms with Crippen molar-refractivity contribution in [1.82, 2.24) is 9.55 Å². The molecule has 0 aliphatic heterocycles. The van der Waals surface area contributed by atoms with Crippen LogP contribution in [0.25, 0.3) is 0 Å². The molecule has 0 aliphatic rings. The lowest BCUT2D eigenvalue weighted by Crippen LogP contribution is -2.10. The van der Waals surface area contributed by atoms with E-state index in [1.165, 1.54) is 0 Å². The van der Waals surface area contributed by atoms with E-state index in [0.717, 1.165) is 18.8 Å². The third kappa shape index (κ3) is 2.82. The molecule has 1 atom stereocenters. The van der Waals surface area contributed by atoms with E-state index >= 15 is 0 Å². The molecule has 4 nitrogen and oxygen atoms in total. The number of aromatic nitrogens is 2. The van der Waals surface area contributed by atoms with Gasteiger partial charge in [-0.1, -0.05) is 6.92 Å². The normalized spacial score (nSPS) is 13.1. The smallest absolute Gasteiger partial charge is 0.137 e. The van der Waals surface area contributed by atoms with E-state index in [1.54, 1.807) is 13.3 Å². The fourth-order valence-corrected chi connectivity index (χ4v) is 1.41. The Morgan fingerprint density at radius 3 is 3.07 bits per heavy atom. The van der Waals surface area contributed by atoms with Crippen LogP contribution in [0.3, 0.4) is 0 Å². The highest BCUT2D eigenvalue weighted by atomic mass is 16.5. The molecule has 0 saturated carbocycles. The Labute approximate surface area is 84.5 Å². The van der Waals surface area contributed by atoms with Gasteiger partial charge in [-0.2, -0.15) is 0 Å². The molecule has 80 valence electrons. The first-order chi connectivity index (χ1) is 6.79. The van der Waals surface area contributed by atoms with E-state index in [1.807, 2.05) is 10.8 Å². The molecule has 0 bridgehead atoms. The lowest BCUT2D eigenvalue weighted by atomic mass is 10.2. The van der Waals surface area contributed by atoms with Crippen LogP contribution in [-0.2, 0) is 11.3 Å². The van der Waals surface area contributed by atoms with Crippen LogP contribution in [0.5, 0.6) is 0 Å². The number of methoxy groups -OCH3 is 1. The fraction of sp³-hybridized carbons (Fsp3) is 0.700. The molecule has 0 aromatic carbocycles. The topological polar surface area (TPSA) is 47.3 Å². The summed E-state index contributed by atoms with van der Waals surface area (Å²) in [5.41, 5.74) is 0. The summed E-state index contributed by atoms with van der Waals surface area (Å²) in [6, 6.07) is 0. The van der Waals surface area contributed by atoms with Gasteiger partial charge in [0.2, 0.25) is 0 Å². The second-order valence-electron chi connectivity index (χ2n) is 3.28. The quantitative estimate of drug-likeness (QED) is 0.750. The average Bonchev–Trinajstić information content (AvgIpc) is 2.63. The molecule has 1 aromatic rings. The molecular weight excluding hydrogens is 180 g/mol. The SMILES string of the molecule is CCCn1ccnc1C(O)CCOC. The summed E-state index contributed by atoms with van der Waals surface area (Å²) in [4.78, 5) is 4.15. The van der Waals surface area contributed by atoms with Crippen molar-refractivity contribution in [2.45, 2.75) is 32.4 Å². The van der Waals surface area contributed by atoms with E-state index < -0.39 is 6.10 Å². The molecule has 4 heteroatoms. The highest BCUT2D eigenvalue weighted by Crippen LogP contribution is 2.14. The highest BCUT2D eigenvalue weighted by Gasteiger charge is 2.12. The molecule has 0 saturated heterocycles. The summed E-state index contributed by atoms with van der Waals surface area (Å²) in [7, 11) is 1.63. The molecule has 1 aromatic heterocycles. The lowest BCUT2D eigenvalue weighted by molar-refractivity contribution is 0.102. The minimum atomic E-state index is -0.517. The van der Waals surface area contributed by atoms with Crippen molar-refractivity contribution >= 4 is 0 Å². The first-order valence-corrected chi connectivity index (χ1v) is 4.97. The largest absolute Gasteiger partial charge is 0.385 e. The number of imidazole rings is 1. The first-order valence-electron chi connectivity index (χ1n) is 4.97. The van der Waals surface area contributed by atoms with Gasteiger partial charge in [-0.25, -0.2) is 4.98 Å². The van der Waals surface area contributed by atoms with E-state index in [9.17, 15) is 5.11 Å². The van der Waals surface area contributed by atoms with Gasteiger partial charge < -0.3 is 14.4 Å². The van der Waals surface area contributed by atoms with Gasteiger partial charge in [-0.05, 0) is 6.42 Å². The van der Waals surface area contributed by atoms with Crippen LogP contribution in [0.4, 0.5) is 0 Å². The number of aryl methyl sites for hydroxylation is 1. The Kier molecular flexibility index (Phi) is 4.62. The van der Waals surface area contributed by atoms with Crippen molar-refractivity contribution < 1.29 is 9.84 Å². The third-order valence-corrected chi connectivity index (χ3v) is 2.11. The Bertz CT molecular complexity index is 260. The van der Waals surface area contributed by atoms with Crippen LogP contribution in [0.2, 0.25) is 0 Å². The number of hydrogen-bond donors (Lipinski definition) is 1. The summed E-state index contributed by atoms with van der Waals surface area (Å²) >= 11 is 0. The standard InChI is InChI=1S/C10H18N2O2/c1-3-6-12-7-5-11-10(12)9(13)4-8-14-2/h5,7,9,13H,3-4,6,8H2,1-2H3. The maximum absolute atomic E-state index is 9.78. The molecule has 1 heterocycles. The van der Waals surface area contributed by atoms with Gasteiger partial charge in [0.25, 0.3) is 0 Å². The van der Waals surface area contributed by atoms with Crippen LogP contribution >= 0.6 is 0 Å². The molecule has 0 spiro atoms. The second-order valence-corrected chi connectivity index (χ2v) is 3.28. The van der Waals surface area contributed by atoms with Crippen LogP contribution in [0.15, 0.2) is 12.4 Å². The summed E-state index contributed by atoms with van der Waals surface area (Å²) < 4.78 is 6.90. The summed E-state index contributed by atoms with van der Waals surface area (Å²) in [6.07, 6.45) is 4.74. The zero-order valence-electron chi connectivity index (χ0n) is 8.81. The van der Waals surface area contributed by atoms with Crippen molar-refractivity contribution in [1.29, 1.82) is 0 Å².